The van der Waals surface area contributed by atoms with Crippen LogP contribution in [0.15, 0.2) is 334 Å². The zero-order valence-electron chi connectivity index (χ0n) is 75.3. The monoisotopic (exact) mass is 1740 g/mol. The Morgan fingerprint density at radius 3 is 1.02 bits per heavy atom. The maximum Gasteiger partial charge on any atom is 0.410 e. The maximum atomic E-state index is 13.3. The number of nitrogens with one attached hydrogen (secondary N) is 5. The van der Waals surface area contributed by atoms with Gasteiger partial charge in [-0.05, 0) is 158 Å². The van der Waals surface area contributed by atoms with Gasteiger partial charge >= 0.3 is 6.09 Å². The molecule has 15 rings (SSSR count). The van der Waals surface area contributed by atoms with Crippen LogP contribution in [0.4, 0.5) is 4.79 Å². The van der Waals surface area contributed by atoms with Crippen molar-refractivity contribution in [3.63, 3.8) is 0 Å². The average molecular weight is 1740 g/mol. The lowest BCUT2D eigenvalue weighted by molar-refractivity contribution is -0.131. The number of methoxy groups -OCH3 is 5. The molecule has 0 saturated carbocycles. The first-order valence-corrected chi connectivity index (χ1v) is 43.7. The van der Waals surface area contributed by atoms with E-state index in [-0.39, 0.29) is 12.0 Å². The van der Waals surface area contributed by atoms with Crippen molar-refractivity contribution in [1.29, 1.82) is 0 Å². The Kier molecular flexibility index (Phi) is 39.1. The lowest BCUT2D eigenvalue weighted by Gasteiger charge is -2.27. The highest BCUT2D eigenvalue weighted by atomic mass is 16.6. The fraction of sp³-hybridized carbons (Fsp3) is 0.259. The third kappa shape index (κ3) is 31.8. The van der Waals surface area contributed by atoms with Gasteiger partial charge in [0.25, 0.3) is 0 Å². The SMILES string of the molecule is COc1ccccc1OCCN(CCc1c[nH]c2ccccc12)Cc1ccccc1.COc1ccccc1OCCN(Cc1ccccc1)C(=O)Cc1c[nH]c2ccccc12.COc1ccccc1OCCN(Cc1ccccc1)C(=O)OC(C)(C)C.COc1ccccc1OCCNCCc1c[nH]c2ccccc12.COc1ccccc1OCCNCc1ccccc1. The minimum atomic E-state index is -0.546. The lowest BCUT2D eigenvalue weighted by Crippen LogP contribution is -2.38. The molecule has 0 spiro atoms. The highest BCUT2D eigenvalue weighted by molar-refractivity contribution is 5.89. The van der Waals surface area contributed by atoms with Gasteiger partial charge in [-0.25, -0.2) is 4.79 Å². The summed E-state index contributed by atoms with van der Waals surface area (Å²) in [5.41, 5.74) is 11.3. The van der Waals surface area contributed by atoms with Gasteiger partial charge in [-0.1, -0.05) is 237 Å². The molecule has 0 aliphatic rings. The molecule has 2 amide bonds. The van der Waals surface area contributed by atoms with Gasteiger partial charge in [0.2, 0.25) is 5.91 Å². The van der Waals surface area contributed by atoms with Gasteiger partial charge in [0.1, 0.15) is 38.6 Å². The molecule has 672 valence electrons. The second-order valence-electron chi connectivity index (χ2n) is 31.1. The maximum absolute atomic E-state index is 13.3. The van der Waals surface area contributed by atoms with Crippen LogP contribution in [-0.4, -0.2) is 162 Å². The van der Waals surface area contributed by atoms with Crippen LogP contribution in [0.1, 0.15) is 59.7 Å². The van der Waals surface area contributed by atoms with Crippen LogP contribution >= 0.6 is 0 Å². The molecule has 0 fully saturated rings. The van der Waals surface area contributed by atoms with Crippen LogP contribution in [0, 0.1) is 0 Å². The predicted octanol–water partition coefficient (Wildman–Crippen LogP) is 20.9. The molecule has 0 bridgehead atoms. The minimum Gasteiger partial charge on any atom is -0.493 e. The Morgan fingerprint density at radius 1 is 0.302 bits per heavy atom. The molecule has 0 unspecified atom stereocenters. The van der Waals surface area contributed by atoms with Gasteiger partial charge in [-0.3, -0.25) is 9.69 Å². The summed E-state index contributed by atoms with van der Waals surface area (Å²) < 4.78 is 61.2. The third-order valence-corrected chi connectivity index (χ3v) is 20.8. The first-order valence-electron chi connectivity index (χ1n) is 43.7. The number of carbonyl (C=O) groups is 2. The summed E-state index contributed by atoms with van der Waals surface area (Å²) in [7, 11) is 8.20. The molecule has 0 saturated heterocycles. The standard InChI is InChI=1S/C26H26N2O3.C26H28N2O2.C21H27NO4.C19H22N2O2.C16H19NO2/c1-30-24-13-7-8-14-25(24)31-16-15-28(19-20-9-3-2-4-10-20)26(29)17-21-18-27-23-12-6-5-11-22(21)23;1-29-25-13-7-8-14-26(25)30-18-17-28(20-21-9-3-2-4-10-21)16-15-22-19-27-24-12-6-5-11-23(22)24;1-21(2,3)26-20(23)22(16-17-10-6-5-7-11-17)14-15-25-19-13-9-8-12-18(19)24-4;1-22-18-8-4-5-9-19(18)23-13-12-20-11-10-15-14-21-17-7-3-2-6-16(15)17;1-18-15-9-5-6-10-16(15)19-12-11-17-13-14-7-3-2-4-8-14/h2-14,18,27H,15-17,19H2,1H3;2-14,19,27H,15-18,20H2,1H3;5-13H,14-16H2,1-4H3;2-9,14,20-21H,10-13H2,1H3;2-10,17H,11-13H2,1H3. The van der Waals surface area contributed by atoms with Crippen LogP contribution in [0.5, 0.6) is 57.5 Å². The molecule has 21 heteroatoms. The number of amides is 2. The molecule has 3 heterocycles. The molecule has 5 N–H and O–H groups in total. The Balaban J connectivity index is 0.000000158. The number of aromatic amines is 3. The number of rotatable bonds is 41. The molecule has 0 atom stereocenters. The van der Waals surface area contributed by atoms with E-state index in [0.717, 1.165) is 121 Å². The predicted molar refractivity (Wildman–Crippen MR) is 516 cm³/mol. The number of fused-ring (bicyclic) bond motifs is 3. The number of hydrogen-bond acceptors (Lipinski definition) is 16. The third-order valence-electron chi connectivity index (χ3n) is 20.8. The fourth-order valence-corrected chi connectivity index (χ4v) is 14.2. The van der Waals surface area contributed by atoms with E-state index < -0.39 is 5.60 Å². The second-order valence-corrected chi connectivity index (χ2v) is 31.1. The summed E-state index contributed by atoms with van der Waals surface area (Å²) in [5.74, 6) is 7.41. The van der Waals surface area contributed by atoms with Gasteiger partial charge in [-0.2, -0.15) is 0 Å². The first kappa shape index (κ1) is 95.5. The summed E-state index contributed by atoms with van der Waals surface area (Å²) in [6.07, 6.45) is 8.13. The molecule has 12 aromatic carbocycles. The van der Waals surface area contributed by atoms with E-state index in [4.69, 9.17) is 52.1 Å². The van der Waals surface area contributed by atoms with Crippen molar-refractivity contribution in [2.75, 3.05) is 114 Å². The fourth-order valence-electron chi connectivity index (χ4n) is 14.2. The topological polar surface area (TPSA) is 217 Å². The second kappa shape index (κ2) is 52.7. The zero-order chi connectivity index (χ0) is 90.3. The van der Waals surface area contributed by atoms with Crippen LogP contribution in [0.3, 0.4) is 0 Å². The molecule has 3 aromatic heterocycles. The van der Waals surface area contributed by atoms with Crippen LogP contribution in [-0.2, 0) is 55.0 Å². The van der Waals surface area contributed by atoms with Crippen molar-refractivity contribution in [2.24, 2.45) is 0 Å². The van der Waals surface area contributed by atoms with Gasteiger partial charge in [0, 0.05) is 104 Å². The number of H-pyrrole nitrogens is 3. The van der Waals surface area contributed by atoms with Crippen molar-refractivity contribution in [2.45, 2.75) is 71.8 Å². The zero-order valence-corrected chi connectivity index (χ0v) is 75.3. The van der Waals surface area contributed by atoms with E-state index >= 15 is 0 Å². The van der Waals surface area contributed by atoms with Crippen LogP contribution in [0.2, 0.25) is 0 Å². The van der Waals surface area contributed by atoms with E-state index in [1.54, 1.807) is 40.4 Å². The number of aromatic nitrogens is 3. The van der Waals surface area contributed by atoms with Crippen LogP contribution in [0.25, 0.3) is 32.7 Å². The quantitative estimate of drug-likeness (QED) is 0.0225. The van der Waals surface area contributed by atoms with Gasteiger partial charge in [-0.15, -0.1) is 0 Å². The summed E-state index contributed by atoms with van der Waals surface area (Å²) in [6, 6.07) is 104. The number of hydrogen-bond donors (Lipinski definition) is 5. The summed E-state index contributed by atoms with van der Waals surface area (Å²) in [5, 5.41) is 10.5. The Morgan fingerprint density at radius 2 is 0.612 bits per heavy atom. The highest BCUT2D eigenvalue weighted by Gasteiger charge is 2.24. The molecular weight excluding hydrogens is 1620 g/mol. The van der Waals surface area contributed by atoms with Gasteiger partial charge < -0.3 is 87.5 Å². The number of para-hydroxylation sites is 13. The lowest BCUT2D eigenvalue weighted by atomic mass is 10.1. The van der Waals surface area contributed by atoms with E-state index in [9.17, 15) is 9.59 Å². The van der Waals surface area contributed by atoms with E-state index in [1.807, 2.05) is 256 Å². The normalized spacial score (nSPS) is 10.8. The van der Waals surface area contributed by atoms with Gasteiger partial charge in [0.15, 0.2) is 57.5 Å². The van der Waals surface area contributed by atoms with Crippen molar-refractivity contribution >= 4 is 44.7 Å². The van der Waals surface area contributed by atoms with Crippen molar-refractivity contribution in [3.8, 4) is 57.5 Å². The molecular formula is C108H122N8O13. The van der Waals surface area contributed by atoms with E-state index in [1.165, 1.54) is 44.1 Å². The molecule has 0 aliphatic heterocycles. The van der Waals surface area contributed by atoms with Crippen LogP contribution < -0.4 is 58.0 Å². The summed E-state index contributed by atoms with van der Waals surface area (Å²) in [6.45, 7) is 16.1. The number of carbonyl (C=O) groups excluding carboxylic acids is 2. The Labute approximate surface area is 759 Å². The Hall–Kier alpha value is -14.1. The number of nitrogens with zero attached hydrogens (tertiary/aromatic N) is 3. The van der Waals surface area contributed by atoms with E-state index in [0.29, 0.717) is 88.6 Å². The van der Waals surface area contributed by atoms with Crippen molar-refractivity contribution in [1.82, 2.24) is 40.3 Å². The van der Waals surface area contributed by atoms with Gasteiger partial charge in [0.05, 0.1) is 55.1 Å². The minimum absolute atomic E-state index is 0.0669. The smallest absolute Gasteiger partial charge is 0.410 e. The van der Waals surface area contributed by atoms with Crippen molar-refractivity contribution < 1.29 is 61.7 Å². The Bertz CT molecular complexity index is 5730. The number of ether oxygens (including phenoxy) is 11. The first-order chi connectivity index (χ1) is 63.2. The van der Waals surface area contributed by atoms with Crippen molar-refractivity contribution in [3.05, 3.63) is 373 Å². The molecule has 129 heavy (non-hydrogen) atoms. The molecule has 15 aromatic rings. The summed E-state index contributed by atoms with van der Waals surface area (Å²) in [4.78, 5) is 41.7. The summed E-state index contributed by atoms with van der Waals surface area (Å²) >= 11 is 0. The largest absolute Gasteiger partial charge is 0.493 e. The molecule has 0 aliphatic carbocycles. The molecule has 21 nitrogen and oxygen atoms in total. The average Bonchev–Trinajstić information content (AvgIpc) is 1.70. The number of benzene rings is 12. The highest BCUT2D eigenvalue weighted by Crippen LogP contribution is 2.32. The molecule has 0 radical (unpaired) electrons. The van der Waals surface area contributed by atoms with E-state index in [2.05, 4.69) is 134 Å².